The summed E-state index contributed by atoms with van der Waals surface area (Å²) in [5.74, 6) is -0.293. The smallest absolute Gasteiger partial charge is 0.362 e. The fourth-order valence-electron chi connectivity index (χ4n) is 2.48. The first kappa shape index (κ1) is 17.9. The predicted molar refractivity (Wildman–Crippen MR) is 97.8 cm³/mol. The number of benzene rings is 2. The van der Waals surface area contributed by atoms with Gasteiger partial charge in [-0.25, -0.2) is 9.18 Å². The maximum absolute atomic E-state index is 13.1. The van der Waals surface area contributed by atoms with Crippen molar-refractivity contribution in [3.8, 4) is 5.75 Å². The topological polar surface area (TPSA) is 44.1 Å². The summed E-state index contributed by atoms with van der Waals surface area (Å²) in [5.41, 5.74) is 1.79. The minimum atomic E-state index is -0.471. The number of nitrogens with zero attached hydrogens (tertiary/aromatic N) is 2. The highest BCUT2D eigenvalue weighted by Gasteiger charge is 2.24. The largest absolute Gasteiger partial charge is 0.422 e. The van der Waals surface area contributed by atoms with Crippen molar-refractivity contribution < 1.29 is 13.9 Å². The van der Waals surface area contributed by atoms with Crippen LogP contribution in [0.5, 0.6) is 5.75 Å². The van der Waals surface area contributed by atoms with E-state index in [0.29, 0.717) is 18.0 Å². The molecule has 0 radical (unpaired) electrons. The second-order valence-electron chi connectivity index (χ2n) is 7.15. The summed E-state index contributed by atoms with van der Waals surface area (Å²) in [6.45, 7) is 6.45. The van der Waals surface area contributed by atoms with Gasteiger partial charge >= 0.3 is 5.97 Å². The fraction of sp³-hybridized carbons (Fsp3) is 0.238. The summed E-state index contributed by atoms with van der Waals surface area (Å²) >= 11 is 0. The van der Waals surface area contributed by atoms with E-state index in [0.717, 1.165) is 11.3 Å². The van der Waals surface area contributed by atoms with Crippen LogP contribution >= 0.6 is 0 Å². The van der Waals surface area contributed by atoms with E-state index in [2.05, 4.69) is 5.10 Å². The molecule has 0 aliphatic carbocycles. The van der Waals surface area contributed by atoms with Crippen molar-refractivity contribution in [2.45, 2.75) is 32.7 Å². The number of hydrogen-bond acceptors (Lipinski definition) is 3. The van der Waals surface area contributed by atoms with Crippen LogP contribution < -0.4 is 4.74 Å². The Hall–Kier alpha value is -2.95. The van der Waals surface area contributed by atoms with Gasteiger partial charge in [-0.1, -0.05) is 51.1 Å². The van der Waals surface area contributed by atoms with Crippen molar-refractivity contribution in [1.29, 1.82) is 0 Å². The SMILES string of the molecule is CC(C)(C)c1cc(C(=O)Oc2ccccc2)n(Cc2ccc(F)cc2)n1. The van der Waals surface area contributed by atoms with E-state index in [1.807, 2.05) is 26.8 Å². The standard InChI is InChI=1S/C21H21FN2O2/c1-21(2,3)19-13-18(20(25)26-17-7-5-4-6-8-17)24(23-19)14-15-9-11-16(22)12-10-15/h4-13H,14H2,1-3H3. The van der Waals surface area contributed by atoms with Gasteiger partial charge in [0, 0.05) is 5.41 Å². The second kappa shape index (κ2) is 7.12. The van der Waals surface area contributed by atoms with Crippen LogP contribution in [-0.4, -0.2) is 15.7 Å². The number of esters is 1. The van der Waals surface area contributed by atoms with Crippen LogP contribution in [0.1, 0.15) is 42.5 Å². The molecule has 0 unspecified atom stereocenters. The molecule has 0 amide bonds. The Morgan fingerprint density at radius 2 is 1.73 bits per heavy atom. The fourth-order valence-corrected chi connectivity index (χ4v) is 2.48. The molecule has 5 heteroatoms. The molecule has 0 bridgehead atoms. The molecule has 0 spiro atoms. The molecular formula is C21H21FN2O2. The average Bonchev–Trinajstić information content (AvgIpc) is 3.02. The second-order valence-corrected chi connectivity index (χ2v) is 7.15. The lowest BCUT2D eigenvalue weighted by atomic mass is 9.92. The summed E-state index contributed by atoms with van der Waals surface area (Å²) in [7, 11) is 0. The Morgan fingerprint density at radius 1 is 1.08 bits per heavy atom. The van der Waals surface area contributed by atoms with Crippen LogP contribution in [0.25, 0.3) is 0 Å². The van der Waals surface area contributed by atoms with Crippen molar-refractivity contribution in [2.24, 2.45) is 0 Å². The van der Waals surface area contributed by atoms with Gasteiger partial charge in [0.25, 0.3) is 0 Å². The normalized spacial score (nSPS) is 11.4. The zero-order chi connectivity index (χ0) is 18.7. The molecule has 3 rings (SSSR count). The molecular weight excluding hydrogens is 331 g/mol. The number of carbonyl (C=O) groups is 1. The molecule has 0 N–H and O–H groups in total. The van der Waals surface area contributed by atoms with Gasteiger partial charge in [-0.2, -0.15) is 5.10 Å². The number of aromatic nitrogens is 2. The quantitative estimate of drug-likeness (QED) is 0.510. The van der Waals surface area contributed by atoms with Crippen LogP contribution in [0, 0.1) is 5.82 Å². The van der Waals surface area contributed by atoms with E-state index in [1.165, 1.54) is 12.1 Å². The third-order valence-electron chi connectivity index (χ3n) is 3.96. The van der Waals surface area contributed by atoms with Crippen LogP contribution in [0.15, 0.2) is 60.7 Å². The minimum Gasteiger partial charge on any atom is -0.422 e. The molecule has 3 aromatic rings. The molecule has 26 heavy (non-hydrogen) atoms. The third kappa shape index (κ3) is 4.17. The van der Waals surface area contributed by atoms with Gasteiger partial charge in [0.05, 0.1) is 12.2 Å². The monoisotopic (exact) mass is 352 g/mol. The highest BCUT2D eigenvalue weighted by Crippen LogP contribution is 2.23. The number of rotatable bonds is 4. The molecule has 1 aromatic heterocycles. The lowest BCUT2D eigenvalue weighted by Gasteiger charge is -2.14. The van der Waals surface area contributed by atoms with E-state index in [4.69, 9.17) is 4.74 Å². The van der Waals surface area contributed by atoms with Gasteiger partial charge in [-0.3, -0.25) is 4.68 Å². The Labute approximate surface area is 152 Å². The number of carbonyl (C=O) groups excluding carboxylic acids is 1. The van der Waals surface area contributed by atoms with Gasteiger partial charge in [0.1, 0.15) is 17.3 Å². The van der Waals surface area contributed by atoms with Gasteiger partial charge in [0.15, 0.2) is 0 Å². The first-order valence-corrected chi connectivity index (χ1v) is 8.43. The van der Waals surface area contributed by atoms with Crippen LogP contribution in [0.3, 0.4) is 0 Å². The maximum Gasteiger partial charge on any atom is 0.362 e. The van der Waals surface area contributed by atoms with Gasteiger partial charge in [-0.05, 0) is 35.9 Å². The lowest BCUT2D eigenvalue weighted by Crippen LogP contribution is -2.16. The van der Waals surface area contributed by atoms with E-state index in [-0.39, 0.29) is 11.2 Å². The molecule has 1 heterocycles. The van der Waals surface area contributed by atoms with E-state index in [9.17, 15) is 9.18 Å². The molecule has 2 aromatic carbocycles. The molecule has 0 aliphatic rings. The highest BCUT2D eigenvalue weighted by atomic mass is 19.1. The van der Waals surface area contributed by atoms with Crippen LogP contribution in [0.2, 0.25) is 0 Å². The predicted octanol–water partition coefficient (Wildman–Crippen LogP) is 4.59. The number of para-hydroxylation sites is 1. The average molecular weight is 352 g/mol. The zero-order valence-corrected chi connectivity index (χ0v) is 15.1. The molecule has 0 fully saturated rings. The Kier molecular flexibility index (Phi) is 4.89. The Balaban J connectivity index is 1.92. The summed E-state index contributed by atoms with van der Waals surface area (Å²) in [5, 5.41) is 4.58. The molecule has 0 saturated carbocycles. The zero-order valence-electron chi connectivity index (χ0n) is 15.1. The van der Waals surface area contributed by atoms with Crippen molar-refractivity contribution in [2.75, 3.05) is 0 Å². The molecule has 0 saturated heterocycles. The Morgan fingerprint density at radius 3 is 2.35 bits per heavy atom. The molecule has 0 atom stereocenters. The highest BCUT2D eigenvalue weighted by molar-refractivity contribution is 5.89. The first-order chi connectivity index (χ1) is 12.3. The summed E-state index contributed by atoms with van der Waals surface area (Å²) in [6, 6.07) is 16.8. The number of ether oxygens (including phenoxy) is 1. The van der Waals surface area contributed by atoms with Crippen molar-refractivity contribution in [3.05, 3.63) is 83.4 Å². The van der Waals surface area contributed by atoms with Gasteiger partial charge in [-0.15, -0.1) is 0 Å². The molecule has 0 aliphatic heterocycles. The first-order valence-electron chi connectivity index (χ1n) is 8.43. The summed E-state index contributed by atoms with van der Waals surface area (Å²) < 4.78 is 20.2. The van der Waals surface area contributed by atoms with Crippen LogP contribution in [0.4, 0.5) is 4.39 Å². The minimum absolute atomic E-state index is 0.212. The van der Waals surface area contributed by atoms with E-state index >= 15 is 0 Å². The Bertz CT molecular complexity index is 894. The van der Waals surface area contributed by atoms with Crippen LogP contribution in [-0.2, 0) is 12.0 Å². The summed E-state index contributed by atoms with van der Waals surface area (Å²) in [6.07, 6.45) is 0. The maximum atomic E-state index is 13.1. The van der Waals surface area contributed by atoms with Crippen molar-refractivity contribution >= 4 is 5.97 Å². The lowest BCUT2D eigenvalue weighted by molar-refractivity contribution is 0.0722. The molecule has 4 nitrogen and oxygen atoms in total. The summed E-state index contributed by atoms with van der Waals surface area (Å²) in [4.78, 5) is 12.7. The number of hydrogen-bond donors (Lipinski definition) is 0. The number of halogens is 1. The molecule has 134 valence electrons. The van der Waals surface area contributed by atoms with E-state index < -0.39 is 5.97 Å². The van der Waals surface area contributed by atoms with Crippen molar-refractivity contribution in [1.82, 2.24) is 9.78 Å². The van der Waals surface area contributed by atoms with Gasteiger partial charge in [0.2, 0.25) is 0 Å². The third-order valence-corrected chi connectivity index (χ3v) is 3.96. The van der Waals surface area contributed by atoms with E-state index in [1.54, 1.807) is 47.1 Å². The van der Waals surface area contributed by atoms with Crippen molar-refractivity contribution in [3.63, 3.8) is 0 Å². The van der Waals surface area contributed by atoms with Gasteiger partial charge < -0.3 is 4.74 Å².